The molecule has 0 aliphatic carbocycles. The minimum atomic E-state index is -0.278. The van der Waals surface area contributed by atoms with E-state index in [2.05, 4.69) is 20.9 Å². The van der Waals surface area contributed by atoms with Crippen LogP contribution >= 0.6 is 0 Å². The van der Waals surface area contributed by atoms with Crippen LogP contribution in [0.1, 0.15) is 17.3 Å². The number of pyridine rings is 1. The third-order valence-corrected chi connectivity index (χ3v) is 3.83. The van der Waals surface area contributed by atoms with E-state index in [1.165, 1.54) is 6.92 Å². The van der Waals surface area contributed by atoms with E-state index in [1.54, 1.807) is 49.7 Å². The summed E-state index contributed by atoms with van der Waals surface area (Å²) in [5, 5.41) is 8.65. The highest BCUT2D eigenvalue weighted by atomic mass is 16.5. The number of benzene rings is 2. The van der Waals surface area contributed by atoms with Crippen LogP contribution in [-0.4, -0.2) is 23.9 Å². The Morgan fingerprint density at radius 3 is 2.29 bits per heavy atom. The molecule has 2 aromatic carbocycles. The molecule has 0 saturated heterocycles. The van der Waals surface area contributed by atoms with Crippen molar-refractivity contribution in [3.63, 3.8) is 0 Å². The summed E-state index contributed by atoms with van der Waals surface area (Å²) in [5.41, 5.74) is 2.48. The molecule has 0 aliphatic heterocycles. The van der Waals surface area contributed by atoms with E-state index in [-0.39, 0.29) is 11.8 Å². The van der Waals surface area contributed by atoms with Gasteiger partial charge in [-0.25, -0.2) is 4.98 Å². The number of hydrogen-bond acceptors (Lipinski definition) is 5. The van der Waals surface area contributed by atoms with Crippen molar-refractivity contribution >= 4 is 34.7 Å². The summed E-state index contributed by atoms with van der Waals surface area (Å²) in [7, 11) is 1.61. The molecule has 2 amide bonds. The molecule has 7 nitrogen and oxygen atoms in total. The average Bonchev–Trinajstić information content (AvgIpc) is 2.68. The largest absolute Gasteiger partial charge is 0.497 e. The van der Waals surface area contributed by atoms with Crippen molar-refractivity contribution in [2.45, 2.75) is 6.92 Å². The Kier molecular flexibility index (Phi) is 5.86. The van der Waals surface area contributed by atoms with Crippen LogP contribution in [0.15, 0.2) is 66.9 Å². The van der Waals surface area contributed by atoms with E-state index < -0.39 is 0 Å². The lowest BCUT2D eigenvalue weighted by Crippen LogP contribution is -2.13. The highest BCUT2D eigenvalue weighted by Crippen LogP contribution is 2.20. The van der Waals surface area contributed by atoms with E-state index in [0.29, 0.717) is 22.8 Å². The maximum Gasteiger partial charge on any atom is 0.255 e. The summed E-state index contributed by atoms with van der Waals surface area (Å²) in [5.74, 6) is 0.852. The maximum absolute atomic E-state index is 12.6. The lowest BCUT2D eigenvalue weighted by atomic mass is 10.2. The number of methoxy groups -OCH3 is 1. The molecule has 28 heavy (non-hydrogen) atoms. The van der Waals surface area contributed by atoms with Crippen LogP contribution in [0.3, 0.4) is 0 Å². The first-order chi connectivity index (χ1) is 13.5. The summed E-state index contributed by atoms with van der Waals surface area (Å²) in [6.45, 7) is 1.43. The molecule has 0 unspecified atom stereocenters. The van der Waals surface area contributed by atoms with Crippen LogP contribution in [0, 0.1) is 0 Å². The minimum absolute atomic E-state index is 0.174. The van der Waals surface area contributed by atoms with Gasteiger partial charge in [0.1, 0.15) is 11.6 Å². The Bertz CT molecular complexity index is 987. The van der Waals surface area contributed by atoms with Gasteiger partial charge in [-0.05, 0) is 54.6 Å². The molecule has 3 aromatic rings. The van der Waals surface area contributed by atoms with E-state index >= 15 is 0 Å². The molecule has 142 valence electrons. The molecule has 1 heterocycles. The Morgan fingerprint density at radius 1 is 0.893 bits per heavy atom. The van der Waals surface area contributed by atoms with Gasteiger partial charge < -0.3 is 20.7 Å². The summed E-state index contributed by atoms with van der Waals surface area (Å²) in [6.07, 6.45) is 1.56. The predicted molar refractivity (Wildman–Crippen MR) is 109 cm³/mol. The van der Waals surface area contributed by atoms with Gasteiger partial charge >= 0.3 is 0 Å². The zero-order chi connectivity index (χ0) is 19.9. The second-order valence-electron chi connectivity index (χ2n) is 6.00. The van der Waals surface area contributed by atoms with Crippen molar-refractivity contribution in [2.24, 2.45) is 0 Å². The van der Waals surface area contributed by atoms with Gasteiger partial charge in [0, 0.05) is 35.7 Å². The minimum Gasteiger partial charge on any atom is -0.497 e. The van der Waals surface area contributed by atoms with Crippen molar-refractivity contribution in [3.8, 4) is 5.75 Å². The van der Waals surface area contributed by atoms with Crippen LogP contribution < -0.4 is 20.7 Å². The molecule has 0 atom stereocenters. The Labute approximate surface area is 162 Å². The number of ether oxygens (including phenoxy) is 1. The van der Waals surface area contributed by atoms with Crippen LogP contribution in [0.5, 0.6) is 5.75 Å². The number of amides is 2. The van der Waals surface area contributed by atoms with Crippen LogP contribution in [-0.2, 0) is 4.79 Å². The van der Waals surface area contributed by atoms with Crippen molar-refractivity contribution in [1.82, 2.24) is 4.98 Å². The zero-order valence-corrected chi connectivity index (χ0v) is 15.5. The molecule has 0 bridgehead atoms. The molecule has 0 radical (unpaired) electrons. The molecule has 3 N–H and O–H groups in total. The molecule has 1 aromatic heterocycles. The second-order valence-corrected chi connectivity index (χ2v) is 6.00. The highest BCUT2D eigenvalue weighted by molar-refractivity contribution is 6.05. The van der Waals surface area contributed by atoms with Gasteiger partial charge in [0.25, 0.3) is 5.91 Å². The number of hydrogen-bond donors (Lipinski definition) is 3. The third-order valence-electron chi connectivity index (χ3n) is 3.83. The lowest BCUT2D eigenvalue weighted by Gasteiger charge is -2.10. The molecule has 3 rings (SSSR count). The summed E-state index contributed by atoms with van der Waals surface area (Å²) in [4.78, 5) is 28.0. The molecule has 7 heteroatoms. The summed E-state index contributed by atoms with van der Waals surface area (Å²) >= 11 is 0. The second kappa shape index (κ2) is 8.68. The van der Waals surface area contributed by atoms with Gasteiger partial charge in [-0.3, -0.25) is 9.59 Å². The number of carbonyl (C=O) groups excluding carboxylic acids is 2. The number of nitrogens with one attached hydrogen (secondary N) is 3. The van der Waals surface area contributed by atoms with E-state index in [1.807, 2.05) is 24.3 Å². The number of aromatic nitrogens is 1. The van der Waals surface area contributed by atoms with Crippen LogP contribution in [0.25, 0.3) is 0 Å². The molecule has 0 spiro atoms. The first kappa shape index (κ1) is 18.9. The smallest absolute Gasteiger partial charge is 0.255 e. The zero-order valence-electron chi connectivity index (χ0n) is 15.5. The topological polar surface area (TPSA) is 92.4 Å². The molecular weight excluding hydrogens is 356 g/mol. The van der Waals surface area contributed by atoms with E-state index in [9.17, 15) is 9.59 Å². The van der Waals surface area contributed by atoms with E-state index in [0.717, 1.165) is 11.4 Å². The van der Waals surface area contributed by atoms with Gasteiger partial charge in [-0.2, -0.15) is 0 Å². The number of carbonyl (C=O) groups is 2. The van der Waals surface area contributed by atoms with Gasteiger partial charge in [-0.1, -0.05) is 6.07 Å². The van der Waals surface area contributed by atoms with Crippen molar-refractivity contribution in [2.75, 3.05) is 23.1 Å². The van der Waals surface area contributed by atoms with Gasteiger partial charge in [-0.15, -0.1) is 0 Å². The maximum atomic E-state index is 12.6. The quantitative estimate of drug-likeness (QED) is 0.604. The lowest BCUT2D eigenvalue weighted by molar-refractivity contribution is -0.114. The number of rotatable bonds is 6. The number of nitrogens with zero attached hydrogens (tertiary/aromatic N) is 1. The van der Waals surface area contributed by atoms with Crippen LogP contribution in [0.4, 0.5) is 22.9 Å². The predicted octanol–water partition coefficient (Wildman–Crippen LogP) is 4.04. The Balaban J connectivity index is 1.70. The first-order valence-electron chi connectivity index (χ1n) is 8.59. The Morgan fingerprint density at radius 2 is 1.61 bits per heavy atom. The van der Waals surface area contributed by atoms with E-state index in [4.69, 9.17) is 4.74 Å². The number of anilines is 4. The van der Waals surface area contributed by atoms with Crippen LogP contribution in [0.2, 0.25) is 0 Å². The molecule has 0 aliphatic rings. The summed E-state index contributed by atoms with van der Waals surface area (Å²) in [6, 6.07) is 17.6. The van der Waals surface area contributed by atoms with Crippen molar-refractivity contribution in [3.05, 3.63) is 72.4 Å². The third kappa shape index (κ3) is 5.07. The standard InChI is InChI=1S/C21H20N4O3/c1-14(26)23-17-4-3-5-18(13-17)25-21(27)15-10-11-22-20(12-15)24-16-6-8-19(28-2)9-7-16/h3-13H,1-2H3,(H,22,24)(H,23,26)(H,25,27). The van der Waals surface area contributed by atoms with Crippen molar-refractivity contribution < 1.29 is 14.3 Å². The van der Waals surface area contributed by atoms with Gasteiger partial charge in [0.15, 0.2) is 0 Å². The SMILES string of the molecule is COc1ccc(Nc2cc(C(=O)Nc3cccc(NC(C)=O)c3)ccn2)cc1. The highest BCUT2D eigenvalue weighted by Gasteiger charge is 2.09. The molecule has 0 saturated carbocycles. The normalized spacial score (nSPS) is 10.1. The fraction of sp³-hybridized carbons (Fsp3) is 0.0952. The first-order valence-corrected chi connectivity index (χ1v) is 8.59. The fourth-order valence-electron chi connectivity index (χ4n) is 2.54. The van der Waals surface area contributed by atoms with Gasteiger partial charge in [0.05, 0.1) is 7.11 Å². The van der Waals surface area contributed by atoms with Gasteiger partial charge in [0.2, 0.25) is 5.91 Å². The average molecular weight is 376 g/mol. The molecule has 0 fully saturated rings. The monoisotopic (exact) mass is 376 g/mol. The van der Waals surface area contributed by atoms with Crippen molar-refractivity contribution in [1.29, 1.82) is 0 Å². The fourth-order valence-corrected chi connectivity index (χ4v) is 2.54. The molecular formula is C21H20N4O3. The summed E-state index contributed by atoms with van der Waals surface area (Å²) < 4.78 is 5.14. The Hall–Kier alpha value is -3.87.